The van der Waals surface area contributed by atoms with Crippen molar-refractivity contribution in [2.24, 2.45) is 0 Å². The van der Waals surface area contributed by atoms with E-state index in [0.29, 0.717) is 22.8 Å². The molecule has 1 aliphatic heterocycles. The Morgan fingerprint density at radius 2 is 1.92 bits per heavy atom. The van der Waals surface area contributed by atoms with Gasteiger partial charge in [-0.1, -0.05) is 29.8 Å². The normalized spacial score (nSPS) is 20.4. The fraction of sp³-hybridized carbons (Fsp3) is 0.214. The van der Waals surface area contributed by atoms with Crippen molar-refractivity contribution < 1.29 is 14.2 Å². The van der Waals surface area contributed by atoms with Crippen molar-refractivity contribution in [3.05, 3.63) is 101 Å². The maximum atomic E-state index is 14.0. The number of nitrogens with one attached hydrogen (secondary N) is 2. The SMILES string of the molecule is C/C=C(/NC[N+]1([O-])C(=O)/C(=C\c2ccnc(NC)c2)[C@H]1C(=O)N(C)c1ccncc1)c1cccc(C)c1. The van der Waals surface area contributed by atoms with Gasteiger partial charge < -0.3 is 20.7 Å². The molecule has 1 fully saturated rings. The van der Waals surface area contributed by atoms with Gasteiger partial charge in [0.1, 0.15) is 11.4 Å². The molecule has 2 aromatic heterocycles. The maximum absolute atomic E-state index is 14.0. The van der Waals surface area contributed by atoms with Gasteiger partial charge in [0, 0.05) is 44.1 Å². The standard InChI is InChI=1S/C28H30N6O3/c1-5-24(21-8-6-7-19(2)15-21)32-18-34(37)26(27(35)33(4)22-10-12-30-13-11-22)23(28(34)36)16-20-9-14-31-25(17-20)29-3/h5-17,26,32H,18H2,1-4H3,(H,29,31)/b23-16-,24-5+/t26-,34?/m0/s1. The van der Waals surface area contributed by atoms with Crippen LogP contribution in [0.15, 0.2) is 78.8 Å². The van der Waals surface area contributed by atoms with E-state index < -0.39 is 22.5 Å². The molecule has 0 aliphatic carbocycles. The Bertz CT molecular complexity index is 1370. The summed E-state index contributed by atoms with van der Waals surface area (Å²) in [6.07, 6.45) is 8.18. The molecule has 2 N–H and O–H groups in total. The zero-order valence-electron chi connectivity index (χ0n) is 21.3. The van der Waals surface area contributed by atoms with Crippen LogP contribution >= 0.6 is 0 Å². The lowest BCUT2D eigenvalue weighted by Gasteiger charge is -2.53. The minimum Gasteiger partial charge on any atom is -0.623 e. The molecular formula is C28H30N6O3. The summed E-state index contributed by atoms with van der Waals surface area (Å²) in [7, 11) is 3.33. The number of hydroxylamine groups is 3. The summed E-state index contributed by atoms with van der Waals surface area (Å²) in [6, 6.07) is 13.4. The zero-order chi connectivity index (χ0) is 26.6. The smallest absolute Gasteiger partial charge is 0.350 e. The summed E-state index contributed by atoms with van der Waals surface area (Å²) in [5, 5.41) is 20.1. The first-order valence-corrected chi connectivity index (χ1v) is 11.9. The van der Waals surface area contributed by atoms with Gasteiger partial charge in [0.15, 0.2) is 6.67 Å². The number of carbonyl (C=O) groups excluding carboxylic acids is 2. The Hall–Kier alpha value is -4.34. The summed E-state index contributed by atoms with van der Waals surface area (Å²) in [5.41, 5.74) is 4.08. The van der Waals surface area contributed by atoms with Gasteiger partial charge in [-0.3, -0.25) is 14.4 Å². The van der Waals surface area contributed by atoms with E-state index in [-0.39, 0.29) is 12.2 Å². The van der Waals surface area contributed by atoms with Gasteiger partial charge in [-0.15, -0.1) is 0 Å². The van der Waals surface area contributed by atoms with Crippen molar-refractivity contribution in [2.75, 3.05) is 31.0 Å². The predicted molar refractivity (Wildman–Crippen MR) is 145 cm³/mol. The second-order valence-electron chi connectivity index (χ2n) is 8.84. The molecule has 0 radical (unpaired) electrons. The number of likely N-dealkylation sites (tertiary alicyclic amines) is 1. The largest absolute Gasteiger partial charge is 0.623 e. The molecule has 2 amide bonds. The first kappa shape index (κ1) is 25.7. The highest BCUT2D eigenvalue weighted by molar-refractivity contribution is 6.12. The third kappa shape index (κ3) is 5.13. The molecule has 1 aliphatic rings. The molecule has 9 nitrogen and oxygen atoms in total. The average molecular weight is 499 g/mol. The lowest BCUT2D eigenvalue weighted by molar-refractivity contribution is -0.837. The van der Waals surface area contributed by atoms with E-state index in [9.17, 15) is 14.8 Å². The minimum atomic E-state index is -1.34. The molecule has 0 bridgehead atoms. The Labute approximate surface area is 216 Å². The Morgan fingerprint density at radius 3 is 2.59 bits per heavy atom. The number of benzene rings is 1. The number of rotatable bonds is 8. The number of pyridine rings is 2. The van der Waals surface area contributed by atoms with Crippen LogP contribution < -0.4 is 15.5 Å². The van der Waals surface area contributed by atoms with Gasteiger partial charge in [-0.05, 0) is 61.4 Å². The average Bonchev–Trinajstić information content (AvgIpc) is 2.93. The topological polar surface area (TPSA) is 110 Å². The van der Waals surface area contributed by atoms with Crippen LogP contribution in [0, 0.1) is 12.1 Å². The van der Waals surface area contributed by atoms with E-state index in [2.05, 4.69) is 20.6 Å². The summed E-state index contributed by atoms with van der Waals surface area (Å²) in [6.45, 7) is 3.55. The van der Waals surface area contributed by atoms with Crippen LogP contribution in [0.2, 0.25) is 0 Å². The molecular weight excluding hydrogens is 468 g/mol. The van der Waals surface area contributed by atoms with Crippen molar-refractivity contribution in [3.8, 4) is 0 Å². The minimum absolute atomic E-state index is 0.161. The van der Waals surface area contributed by atoms with E-state index in [1.165, 1.54) is 4.90 Å². The van der Waals surface area contributed by atoms with E-state index in [4.69, 9.17) is 0 Å². The lowest BCUT2D eigenvalue weighted by Crippen LogP contribution is -2.73. The molecule has 0 spiro atoms. The van der Waals surface area contributed by atoms with Crippen LogP contribution in [0.1, 0.15) is 23.6 Å². The highest BCUT2D eigenvalue weighted by Gasteiger charge is 2.59. The van der Waals surface area contributed by atoms with Gasteiger partial charge >= 0.3 is 5.91 Å². The first-order valence-electron chi connectivity index (χ1n) is 11.9. The van der Waals surface area contributed by atoms with Crippen LogP contribution in [0.5, 0.6) is 0 Å². The molecule has 37 heavy (non-hydrogen) atoms. The highest BCUT2D eigenvalue weighted by atomic mass is 16.6. The van der Waals surface area contributed by atoms with Crippen LogP contribution in [-0.2, 0) is 9.59 Å². The molecule has 3 aromatic rings. The number of amides is 2. The number of nitrogens with zero attached hydrogens (tertiary/aromatic N) is 4. The van der Waals surface area contributed by atoms with Gasteiger partial charge in [0.05, 0.1) is 0 Å². The number of quaternary nitrogens is 1. The second-order valence-corrected chi connectivity index (χ2v) is 8.84. The van der Waals surface area contributed by atoms with Gasteiger partial charge in [0.25, 0.3) is 5.91 Å². The number of anilines is 2. The van der Waals surface area contributed by atoms with Crippen LogP contribution in [0.25, 0.3) is 11.8 Å². The van der Waals surface area contributed by atoms with E-state index in [1.54, 1.807) is 63.0 Å². The molecule has 1 unspecified atom stereocenters. The first-order chi connectivity index (χ1) is 17.8. The molecule has 3 heterocycles. The van der Waals surface area contributed by atoms with Crippen molar-refractivity contribution >= 4 is 35.1 Å². The molecule has 190 valence electrons. The second kappa shape index (κ2) is 10.7. The molecule has 1 aromatic carbocycles. The molecule has 1 saturated heterocycles. The maximum Gasteiger partial charge on any atom is 0.350 e. The predicted octanol–water partition coefficient (Wildman–Crippen LogP) is 3.70. The number of hydrogen-bond donors (Lipinski definition) is 2. The monoisotopic (exact) mass is 498 g/mol. The zero-order valence-corrected chi connectivity index (χ0v) is 21.3. The lowest BCUT2D eigenvalue weighted by atomic mass is 9.90. The van der Waals surface area contributed by atoms with Crippen LogP contribution in [0.4, 0.5) is 11.5 Å². The van der Waals surface area contributed by atoms with Gasteiger partial charge in [0.2, 0.25) is 6.04 Å². The number of hydrogen-bond acceptors (Lipinski definition) is 7. The van der Waals surface area contributed by atoms with Gasteiger partial charge in [-0.25, -0.2) is 9.78 Å². The van der Waals surface area contributed by atoms with Crippen molar-refractivity contribution in [3.63, 3.8) is 0 Å². The number of allylic oxidation sites excluding steroid dienone is 1. The highest BCUT2D eigenvalue weighted by Crippen LogP contribution is 2.37. The number of aromatic nitrogens is 2. The quantitative estimate of drug-likeness (QED) is 0.211. The van der Waals surface area contributed by atoms with Gasteiger partial charge in [-0.2, -0.15) is 0 Å². The van der Waals surface area contributed by atoms with Crippen molar-refractivity contribution in [2.45, 2.75) is 19.9 Å². The van der Waals surface area contributed by atoms with E-state index in [0.717, 1.165) is 11.1 Å². The fourth-order valence-electron chi connectivity index (χ4n) is 4.34. The third-order valence-corrected chi connectivity index (χ3v) is 6.40. The summed E-state index contributed by atoms with van der Waals surface area (Å²) < 4.78 is -1.34. The summed E-state index contributed by atoms with van der Waals surface area (Å²) in [4.78, 5) is 36.6. The fourth-order valence-corrected chi connectivity index (χ4v) is 4.34. The molecule has 0 saturated carbocycles. The molecule has 9 heteroatoms. The number of carbonyl (C=O) groups is 2. The Morgan fingerprint density at radius 1 is 1.16 bits per heavy atom. The Kier molecular flexibility index (Phi) is 7.47. The molecule has 4 rings (SSSR count). The summed E-state index contributed by atoms with van der Waals surface area (Å²) >= 11 is 0. The van der Waals surface area contributed by atoms with Crippen molar-refractivity contribution in [1.82, 2.24) is 15.3 Å². The molecule has 2 atom stereocenters. The number of likely N-dealkylation sites (N-methyl/N-ethyl adjacent to an activating group) is 1. The number of aryl methyl sites for hydroxylation is 1. The summed E-state index contributed by atoms with van der Waals surface area (Å²) in [5.74, 6) is -0.524. The third-order valence-electron chi connectivity index (χ3n) is 6.40. The van der Waals surface area contributed by atoms with Crippen molar-refractivity contribution in [1.29, 1.82) is 0 Å². The van der Waals surface area contributed by atoms with Crippen LogP contribution in [0.3, 0.4) is 0 Å². The number of β-lactam (4-membered cyclic amide) rings is 1. The van der Waals surface area contributed by atoms with E-state index in [1.807, 2.05) is 44.2 Å². The Balaban J connectivity index is 1.67. The van der Waals surface area contributed by atoms with E-state index >= 15 is 0 Å². The van der Waals surface area contributed by atoms with Crippen LogP contribution in [-0.4, -0.2) is 53.2 Å².